The highest BCUT2D eigenvalue weighted by molar-refractivity contribution is 5.34. The summed E-state index contributed by atoms with van der Waals surface area (Å²) in [6.07, 6.45) is 2.10. The second-order valence-electron chi connectivity index (χ2n) is 5.00. The Balaban J connectivity index is 1.83. The first-order chi connectivity index (χ1) is 9.69. The lowest BCUT2D eigenvalue weighted by atomic mass is 10.1. The van der Waals surface area contributed by atoms with E-state index in [1.165, 1.54) is 6.07 Å². The smallest absolute Gasteiger partial charge is 0.269 e. The number of ether oxygens (including phenoxy) is 1. The van der Waals surface area contributed by atoms with E-state index >= 15 is 0 Å². The molecule has 0 aliphatic carbocycles. The van der Waals surface area contributed by atoms with Crippen molar-refractivity contribution in [2.75, 3.05) is 26.3 Å². The maximum Gasteiger partial charge on any atom is 0.269 e. The van der Waals surface area contributed by atoms with Crippen molar-refractivity contribution in [3.05, 3.63) is 39.9 Å². The molecule has 6 nitrogen and oxygen atoms in total. The van der Waals surface area contributed by atoms with Crippen molar-refractivity contribution in [2.45, 2.75) is 25.5 Å². The Morgan fingerprint density at radius 3 is 2.80 bits per heavy atom. The second-order valence-corrected chi connectivity index (χ2v) is 5.00. The highest BCUT2D eigenvalue weighted by Gasteiger charge is 2.19. The van der Waals surface area contributed by atoms with Crippen molar-refractivity contribution in [3.8, 4) is 0 Å². The van der Waals surface area contributed by atoms with Gasteiger partial charge in [0.25, 0.3) is 5.69 Å². The molecule has 0 aromatic heterocycles. The van der Waals surface area contributed by atoms with Crippen molar-refractivity contribution in [1.82, 2.24) is 4.90 Å². The molecule has 2 rings (SSSR count). The molecular weight excluding hydrogens is 260 g/mol. The average molecular weight is 280 g/mol. The van der Waals surface area contributed by atoms with Gasteiger partial charge in [-0.15, -0.1) is 0 Å². The van der Waals surface area contributed by atoms with Crippen molar-refractivity contribution >= 4 is 5.69 Å². The Labute approximate surface area is 118 Å². The van der Waals surface area contributed by atoms with Gasteiger partial charge in [-0.05, 0) is 18.4 Å². The number of hydrogen-bond donors (Lipinski definition) is 1. The summed E-state index contributed by atoms with van der Waals surface area (Å²) in [4.78, 5) is 12.7. The van der Waals surface area contributed by atoms with Crippen LogP contribution in [0.5, 0.6) is 0 Å². The van der Waals surface area contributed by atoms with E-state index in [2.05, 4.69) is 4.90 Å². The van der Waals surface area contributed by atoms with E-state index in [-0.39, 0.29) is 23.3 Å². The molecule has 20 heavy (non-hydrogen) atoms. The summed E-state index contributed by atoms with van der Waals surface area (Å²) in [5, 5.41) is 19.5. The van der Waals surface area contributed by atoms with Crippen molar-refractivity contribution in [1.29, 1.82) is 0 Å². The zero-order valence-electron chi connectivity index (χ0n) is 11.4. The van der Waals surface area contributed by atoms with Crippen LogP contribution >= 0.6 is 0 Å². The molecule has 0 radical (unpaired) electrons. The summed E-state index contributed by atoms with van der Waals surface area (Å²) >= 11 is 0. The van der Waals surface area contributed by atoms with Crippen LogP contribution in [0.3, 0.4) is 0 Å². The fourth-order valence-corrected chi connectivity index (χ4v) is 2.48. The van der Waals surface area contributed by atoms with Gasteiger partial charge >= 0.3 is 0 Å². The van der Waals surface area contributed by atoms with E-state index < -0.39 is 0 Å². The Morgan fingerprint density at radius 2 is 2.15 bits per heavy atom. The van der Waals surface area contributed by atoms with Crippen molar-refractivity contribution in [2.24, 2.45) is 0 Å². The molecule has 1 N–H and O–H groups in total. The van der Waals surface area contributed by atoms with Crippen LogP contribution < -0.4 is 0 Å². The van der Waals surface area contributed by atoms with Crippen molar-refractivity contribution in [3.63, 3.8) is 0 Å². The van der Waals surface area contributed by atoms with Gasteiger partial charge in [0.1, 0.15) is 0 Å². The highest BCUT2D eigenvalue weighted by Crippen LogP contribution is 2.18. The fraction of sp³-hybridized carbons (Fsp3) is 0.571. The lowest BCUT2D eigenvalue weighted by Crippen LogP contribution is -2.36. The number of nitro groups is 1. The predicted molar refractivity (Wildman–Crippen MR) is 74.4 cm³/mol. The summed E-state index contributed by atoms with van der Waals surface area (Å²) < 4.78 is 5.52. The molecule has 0 bridgehead atoms. The number of piperidine rings is 1. The van der Waals surface area contributed by atoms with E-state index in [0.29, 0.717) is 6.61 Å². The number of benzene rings is 1. The molecule has 1 fully saturated rings. The van der Waals surface area contributed by atoms with E-state index in [9.17, 15) is 10.1 Å². The van der Waals surface area contributed by atoms with Crippen LogP contribution in [0.1, 0.15) is 18.4 Å². The van der Waals surface area contributed by atoms with Gasteiger partial charge in [0.05, 0.1) is 24.2 Å². The Morgan fingerprint density at radius 1 is 1.40 bits per heavy atom. The molecule has 6 heteroatoms. The first-order valence-electron chi connectivity index (χ1n) is 6.87. The molecule has 1 heterocycles. The van der Waals surface area contributed by atoms with Gasteiger partial charge in [-0.3, -0.25) is 15.0 Å². The van der Waals surface area contributed by atoms with Crippen LogP contribution in [0, 0.1) is 10.1 Å². The molecule has 1 saturated heterocycles. The van der Waals surface area contributed by atoms with Gasteiger partial charge in [-0.2, -0.15) is 0 Å². The number of nitro benzene ring substituents is 1. The summed E-state index contributed by atoms with van der Waals surface area (Å²) in [5.74, 6) is 0. The summed E-state index contributed by atoms with van der Waals surface area (Å²) in [6.45, 7) is 3.02. The molecule has 0 spiro atoms. The fourth-order valence-electron chi connectivity index (χ4n) is 2.48. The topological polar surface area (TPSA) is 75.8 Å². The van der Waals surface area contributed by atoms with Crippen LogP contribution in [0.2, 0.25) is 0 Å². The van der Waals surface area contributed by atoms with Crippen LogP contribution in [0.15, 0.2) is 24.3 Å². The Hall–Kier alpha value is -1.50. The first kappa shape index (κ1) is 14.9. The molecule has 1 aromatic rings. The Bertz CT molecular complexity index is 445. The van der Waals surface area contributed by atoms with Crippen LogP contribution in [-0.2, 0) is 11.3 Å². The third-order valence-electron chi connectivity index (χ3n) is 3.51. The number of nitrogens with zero attached hydrogens (tertiary/aromatic N) is 2. The number of rotatable bonds is 6. The SMILES string of the molecule is O=[N+]([O-])c1cccc(CN2CCC(OCCO)CC2)c1. The minimum atomic E-state index is -0.363. The number of hydrogen-bond acceptors (Lipinski definition) is 5. The van der Waals surface area contributed by atoms with Gasteiger partial charge < -0.3 is 9.84 Å². The monoisotopic (exact) mass is 280 g/mol. The molecular formula is C14H20N2O4. The molecule has 110 valence electrons. The molecule has 1 aromatic carbocycles. The minimum absolute atomic E-state index is 0.0634. The van der Waals surface area contributed by atoms with Gasteiger partial charge in [-0.25, -0.2) is 0 Å². The third-order valence-corrected chi connectivity index (χ3v) is 3.51. The quantitative estimate of drug-likeness (QED) is 0.632. The molecule has 1 aliphatic rings. The van der Waals surface area contributed by atoms with Crippen LogP contribution in [0.25, 0.3) is 0 Å². The van der Waals surface area contributed by atoms with E-state index in [1.54, 1.807) is 12.1 Å². The standard InChI is InChI=1S/C14H20N2O4/c17-8-9-20-14-4-6-15(7-5-14)11-12-2-1-3-13(10-12)16(18)19/h1-3,10,14,17H,4-9,11H2. The minimum Gasteiger partial charge on any atom is -0.394 e. The Kier molecular flexibility index (Phi) is 5.46. The lowest BCUT2D eigenvalue weighted by molar-refractivity contribution is -0.384. The molecule has 0 saturated carbocycles. The number of aliphatic hydroxyl groups excluding tert-OH is 1. The van der Waals surface area contributed by atoms with Crippen LogP contribution in [0.4, 0.5) is 5.69 Å². The molecule has 1 aliphatic heterocycles. The second kappa shape index (κ2) is 7.33. The molecule has 0 atom stereocenters. The number of likely N-dealkylation sites (tertiary alicyclic amines) is 1. The highest BCUT2D eigenvalue weighted by atomic mass is 16.6. The predicted octanol–water partition coefficient (Wildman–Crippen LogP) is 1.57. The van der Waals surface area contributed by atoms with Crippen molar-refractivity contribution < 1.29 is 14.8 Å². The van der Waals surface area contributed by atoms with Gasteiger partial charge in [0, 0.05) is 31.8 Å². The van der Waals surface area contributed by atoms with Gasteiger partial charge in [0.2, 0.25) is 0 Å². The summed E-state index contributed by atoms with van der Waals surface area (Å²) in [6, 6.07) is 6.79. The maximum absolute atomic E-state index is 10.7. The molecule has 0 amide bonds. The largest absolute Gasteiger partial charge is 0.394 e. The van der Waals surface area contributed by atoms with Gasteiger partial charge in [-0.1, -0.05) is 12.1 Å². The lowest BCUT2D eigenvalue weighted by Gasteiger charge is -2.31. The van der Waals surface area contributed by atoms with E-state index in [0.717, 1.165) is 38.0 Å². The zero-order valence-corrected chi connectivity index (χ0v) is 11.4. The maximum atomic E-state index is 10.7. The number of aliphatic hydroxyl groups is 1. The van der Waals surface area contributed by atoms with Gasteiger partial charge in [0.15, 0.2) is 0 Å². The molecule has 0 unspecified atom stereocenters. The summed E-state index contributed by atoms with van der Waals surface area (Å²) in [7, 11) is 0. The zero-order chi connectivity index (χ0) is 14.4. The average Bonchev–Trinajstić information content (AvgIpc) is 2.47. The normalized spacial score (nSPS) is 17.2. The third kappa shape index (κ3) is 4.26. The van der Waals surface area contributed by atoms with E-state index in [4.69, 9.17) is 9.84 Å². The van der Waals surface area contributed by atoms with E-state index in [1.807, 2.05) is 6.07 Å². The van der Waals surface area contributed by atoms with Crippen LogP contribution in [-0.4, -0.2) is 47.3 Å². The first-order valence-corrected chi connectivity index (χ1v) is 6.87. The summed E-state index contributed by atoms with van der Waals surface area (Å²) in [5.41, 5.74) is 1.11. The number of non-ortho nitro benzene ring substituents is 1.